The van der Waals surface area contributed by atoms with E-state index in [1.165, 1.54) is 158 Å². The summed E-state index contributed by atoms with van der Waals surface area (Å²) in [5.74, 6) is -9.72. The van der Waals surface area contributed by atoms with E-state index in [1.807, 2.05) is 0 Å². The number of rotatable bonds is 31. The molecule has 6 amide bonds. The van der Waals surface area contributed by atoms with Crippen molar-refractivity contribution >= 4 is 164 Å². The van der Waals surface area contributed by atoms with Gasteiger partial charge in [0.25, 0.3) is 35.4 Å². The fourth-order valence-corrected chi connectivity index (χ4v) is 13.7. The Morgan fingerprint density at radius 2 is 0.532 bits per heavy atom. The minimum absolute atomic E-state index is 0.0298. The molecule has 0 aromatic heterocycles. The highest BCUT2D eigenvalue weighted by molar-refractivity contribution is 6.36. The molecule has 0 unspecified atom stereocenters. The van der Waals surface area contributed by atoms with Crippen LogP contribution < -0.4 is 36.6 Å². The van der Waals surface area contributed by atoms with Gasteiger partial charge in [0.1, 0.15) is 5.75 Å². The molecule has 0 atom stereocenters. The number of ketones is 6. The van der Waals surface area contributed by atoms with Crippen molar-refractivity contribution in [3.05, 3.63) is 413 Å². The van der Waals surface area contributed by atoms with Crippen molar-refractivity contribution in [2.45, 2.75) is 80.8 Å². The number of methoxy groups -OCH3 is 1. The first-order valence-electron chi connectivity index (χ1n) is 41.2. The van der Waals surface area contributed by atoms with E-state index in [-0.39, 0.29) is 167 Å². The van der Waals surface area contributed by atoms with Crippen molar-refractivity contribution in [2.75, 3.05) is 7.11 Å². The molecule has 0 bridgehead atoms. The zero-order valence-electron chi connectivity index (χ0n) is 74.8. The summed E-state index contributed by atoms with van der Waals surface area (Å²) in [5, 5.41) is 71.0. The van der Waals surface area contributed by atoms with Crippen molar-refractivity contribution in [1.82, 2.24) is 31.9 Å². The van der Waals surface area contributed by atoms with Crippen LogP contribution in [0.1, 0.15) is 261 Å². The first kappa shape index (κ1) is 110. The second kappa shape index (κ2) is 53.0. The molecule has 12 aromatic carbocycles. The van der Waals surface area contributed by atoms with Gasteiger partial charge in [-0.25, -0.2) is 28.8 Å². The minimum Gasteiger partial charge on any atom is -0.497 e. The SMILES string of the molecule is CC(=O)c1c(Cl)cccc1C(=O)NCc1ccc(C(=O)O)cc1.CC(=O)c1cc(Cl)ccc1C(=O)NCc1ccc(C(=O)O)cc1.CC(=O)c1ccc(Cl)cc1C(=O)NCc1ccc(C(=O)O)cc1.CC(=O)c1cccc(Cl)c1C(=O)NCc1ccc(C(=O)O)cc1.CC(=O)c1ccccc1C(=O)NCc1ccc(C(=O)O)cc1Cl.COc1ccc(C(=O)O)c(C(=O)NCc2ccc(C(C)=O)cc2)c1. The van der Waals surface area contributed by atoms with E-state index in [2.05, 4.69) is 31.9 Å². The summed E-state index contributed by atoms with van der Waals surface area (Å²) < 4.78 is 5.03. The summed E-state index contributed by atoms with van der Waals surface area (Å²) in [6.07, 6.45) is 0. The maximum absolute atomic E-state index is 12.3. The molecular formula is C103H87Cl5N6O25. The Kier molecular flexibility index (Phi) is 41.8. The van der Waals surface area contributed by atoms with Crippen LogP contribution in [0.3, 0.4) is 0 Å². The Balaban J connectivity index is 0.000000227. The van der Waals surface area contributed by atoms with Crippen LogP contribution in [0.25, 0.3) is 0 Å². The van der Waals surface area contributed by atoms with Crippen LogP contribution in [-0.2, 0) is 39.3 Å². The number of ether oxygens (including phenoxy) is 1. The molecule has 0 spiro atoms. The zero-order valence-corrected chi connectivity index (χ0v) is 78.6. The van der Waals surface area contributed by atoms with E-state index in [9.17, 15) is 91.4 Å². The number of carbonyl (C=O) groups excluding carboxylic acids is 12. The van der Waals surface area contributed by atoms with E-state index in [0.29, 0.717) is 43.6 Å². The predicted octanol–water partition coefficient (Wildman–Crippen LogP) is 18.4. The van der Waals surface area contributed by atoms with E-state index >= 15 is 0 Å². The van der Waals surface area contributed by atoms with Crippen molar-refractivity contribution in [3.8, 4) is 5.75 Å². The zero-order chi connectivity index (χ0) is 103. The van der Waals surface area contributed by atoms with Crippen LogP contribution in [0.15, 0.2) is 255 Å². The molecular weight excluding hydrogens is 1900 g/mol. The maximum Gasteiger partial charge on any atom is 0.336 e. The highest BCUT2D eigenvalue weighted by atomic mass is 35.5. The van der Waals surface area contributed by atoms with Gasteiger partial charge in [0, 0.05) is 87.7 Å². The molecule has 31 nitrogen and oxygen atoms in total. The molecule has 0 heterocycles. The van der Waals surface area contributed by atoms with Gasteiger partial charge in [-0.1, -0.05) is 173 Å². The van der Waals surface area contributed by atoms with Crippen LogP contribution in [0.4, 0.5) is 0 Å². The van der Waals surface area contributed by atoms with Crippen LogP contribution in [-0.4, -0.2) is 144 Å². The lowest BCUT2D eigenvalue weighted by molar-refractivity contribution is 0.0683. The molecule has 12 N–H and O–H groups in total. The van der Waals surface area contributed by atoms with Crippen LogP contribution in [0.2, 0.25) is 25.1 Å². The number of aromatic carboxylic acids is 6. The van der Waals surface area contributed by atoms with Crippen molar-refractivity contribution in [3.63, 3.8) is 0 Å². The van der Waals surface area contributed by atoms with E-state index in [4.69, 9.17) is 88.3 Å². The van der Waals surface area contributed by atoms with Gasteiger partial charge in [-0.2, -0.15) is 0 Å². The molecule has 0 aliphatic carbocycles. The number of nitrogens with one attached hydrogen (secondary N) is 6. The van der Waals surface area contributed by atoms with Gasteiger partial charge in [-0.3, -0.25) is 57.5 Å². The van der Waals surface area contributed by atoms with Crippen LogP contribution >= 0.6 is 58.0 Å². The first-order chi connectivity index (χ1) is 65.9. The minimum atomic E-state index is -1.19. The summed E-state index contributed by atoms with van der Waals surface area (Å²) in [5.41, 5.74) is 8.13. The normalized spacial score (nSPS) is 10.2. The smallest absolute Gasteiger partial charge is 0.336 e. The molecule has 0 fully saturated rings. The highest BCUT2D eigenvalue weighted by Crippen LogP contribution is 2.27. The number of hydrogen-bond donors (Lipinski definition) is 12. The second-order valence-corrected chi connectivity index (χ2v) is 31.8. The number of carbonyl (C=O) groups is 18. The van der Waals surface area contributed by atoms with Gasteiger partial charge < -0.3 is 67.3 Å². The van der Waals surface area contributed by atoms with Crippen LogP contribution in [0, 0.1) is 0 Å². The quantitative estimate of drug-likeness (QED) is 0.0180. The van der Waals surface area contributed by atoms with Crippen molar-refractivity contribution in [1.29, 1.82) is 0 Å². The summed E-state index contributed by atoms with van der Waals surface area (Å²) in [6.45, 7) is 9.52. The number of halogens is 5. The van der Waals surface area contributed by atoms with Crippen molar-refractivity contribution < 1.29 is 122 Å². The number of carboxylic acid groups (broad SMARTS) is 6. The van der Waals surface area contributed by atoms with E-state index in [1.54, 1.807) is 146 Å². The fraction of sp³-hybridized carbons (Fsp3) is 0.126. The molecule has 12 aromatic rings. The Bertz CT molecular complexity index is 6630. The lowest BCUT2D eigenvalue weighted by Gasteiger charge is -2.10. The molecule has 0 radical (unpaired) electrons. The van der Waals surface area contributed by atoms with Gasteiger partial charge in [0.15, 0.2) is 34.7 Å². The third kappa shape index (κ3) is 33.3. The third-order valence-corrected chi connectivity index (χ3v) is 21.3. The second-order valence-electron chi connectivity index (χ2n) is 29.7. The Morgan fingerprint density at radius 1 is 0.230 bits per heavy atom. The van der Waals surface area contributed by atoms with E-state index in [0.717, 1.165) is 27.8 Å². The third-order valence-electron chi connectivity index (χ3n) is 19.9. The summed E-state index contributed by atoms with van der Waals surface area (Å²) in [4.78, 5) is 208. The Morgan fingerprint density at radius 3 is 0.899 bits per heavy atom. The fourth-order valence-electron chi connectivity index (χ4n) is 12.5. The molecule has 0 saturated heterocycles. The van der Waals surface area contributed by atoms with Gasteiger partial charge >= 0.3 is 35.8 Å². The predicted molar refractivity (Wildman–Crippen MR) is 518 cm³/mol. The summed E-state index contributed by atoms with van der Waals surface area (Å²) in [7, 11) is 1.44. The van der Waals surface area contributed by atoms with Gasteiger partial charge in [0.2, 0.25) is 0 Å². The Hall–Kier alpha value is -16.5. The molecule has 139 heavy (non-hydrogen) atoms. The van der Waals surface area contributed by atoms with Crippen LogP contribution in [0.5, 0.6) is 5.75 Å². The first-order valence-corrected chi connectivity index (χ1v) is 43.1. The van der Waals surface area contributed by atoms with Gasteiger partial charge in [0.05, 0.1) is 83.9 Å². The number of Topliss-reactive ketones (excluding diaryl/α,β-unsaturated/α-hetero) is 6. The van der Waals surface area contributed by atoms with Gasteiger partial charge in [-0.15, -0.1) is 0 Å². The molecule has 12 rings (SSSR count). The number of benzene rings is 12. The molecule has 0 aliphatic rings. The topological polar surface area (TPSA) is 510 Å². The molecule has 0 aliphatic heterocycles. The highest BCUT2D eigenvalue weighted by Gasteiger charge is 2.24. The largest absolute Gasteiger partial charge is 0.497 e. The maximum atomic E-state index is 12.3. The summed E-state index contributed by atoms with van der Waals surface area (Å²) >= 11 is 29.7. The van der Waals surface area contributed by atoms with Crippen molar-refractivity contribution in [2.24, 2.45) is 0 Å². The number of amides is 6. The Labute approximate surface area is 819 Å². The number of carboxylic acids is 6. The standard InChI is InChI=1S/C18H17NO5.5C17H14ClNO4/c1-11(20)13-5-3-12(4-6-13)10-19-17(21)16-9-14(24-2)7-8-15(16)18(22)23;1-10(20)15-8-13(18)6-7-14(15)16(21)19-9-11-2-4-12(5-3-11)17(22)23;1-10(20)14-7-6-13(18)8-15(14)16(21)19-9-11-2-4-12(5-3-11)17(22)23;1-10(20)15-13(3-2-4-14(15)18)16(21)19-9-11-5-7-12(8-6-11)17(22)23;1-10(20)13-3-2-4-14(18)15(13)16(21)19-9-11-5-7-12(8-6-11)17(22)23;1-10(20)13-4-2-3-5-14(13)16(21)19-9-12-7-6-11(17(22)23)8-15(12)18/h3-9H,10H2,1-2H3,(H,19,21)(H,22,23);5*2-8H,9H2,1H3,(H,19,21)(H,22,23). The lowest BCUT2D eigenvalue weighted by Crippen LogP contribution is -2.25. The summed E-state index contributed by atoms with van der Waals surface area (Å²) in [6, 6.07) is 64.9. The number of hydrogen-bond acceptors (Lipinski definition) is 19. The molecule has 36 heteroatoms. The molecule has 714 valence electrons. The van der Waals surface area contributed by atoms with E-state index < -0.39 is 71.3 Å². The lowest BCUT2D eigenvalue weighted by atomic mass is 10.0. The van der Waals surface area contributed by atoms with Gasteiger partial charge in [-0.05, 0) is 214 Å². The monoisotopic (exact) mass is 1980 g/mol. The molecule has 0 saturated carbocycles. The average Bonchev–Trinajstić information content (AvgIpc) is 0.823. The average molecular weight is 1990 g/mol.